The molecule has 3 nitrogen and oxygen atoms in total. The van der Waals surface area contributed by atoms with Gasteiger partial charge in [-0.3, -0.25) is 4.79 Å². The second-order valence-corrected chi connectivity index (χ2v) is 4.12. The molecule has 0 unspecified atom stereocenters. The zero-order valence-electron chi connectivity index (χ0n) is 8.73. The van der Waals surface area contributed by atoms with E-state index in [4.69, 9.17) is 5.11 Å². The lowest BCUT2D eigenvalue weighted by Crippen LogP contribution is -2.21. The smallest absolute Gasteiger partial charge is 0.308 e. The molecule has 15 heavy (non-hydrogen) atoms. The maximum absolute atomic E-state index is 11.0. The van der Waals surface area contributed by atoms with Crippen molar-refractivity contribution in [3.05, 3.63) is 35.4 Å². The average Bonchev–Trinajstić information content (AvgIpc) is 2.65. The quantitative estimate of drug-likeness (QED) is 0.767. The minimum atomic E-state index is -0.702. The molecule has 1 aromatic carbocycles. The van der Waals surface area contributed by atoms with Crippen LogP contribution in [0.3, 0.4) is 0 Å². The molecule has 2 rings (SSSR count). The predicted octanol–water partition coefficient (Wildman–Crippen LogP) is 1.38. The molecule has 0 amide bonds. The zero-order valence-corrected chi connectivity index (χ0v) is 8.73. The number of rotatable bonds is 2. The molecular formula is C12H15NO2. The van der Waals surface area contributed by atoms with Gasteiger partial charge in [-0.15, -0.1) is 0 Å². The highest BCUT2D eigenvalue weighted by Gasteiger charge is 2.33. The summed E-state index contributed by atoms with van der Waals surface area (Å²) in [6, 6.07) is 8.11. The molecule has 1 aliphatic rings. The van der Waals surface area contributed by atoms with E-state index < -0.39 is 5.97 Å². The van der Waals surface area contributed by atoms with Gasteiger partial charge in [-0.05, 0) is 12.5 Å². The Morgan fingerprint density at radius 1 is 1.47 bits per heavy atom. The Morgan fingerprint density at radius 2 is 2.27 bits per heavy atom. The second-order valence-electron chi connectivity index (χ2n) is 4.12. The van der Waals surface area contributed by atoms with Crippen LogP contribution in [0.1, 0.15) is 17.0 Å². The fraction of sp³-hybridized carbons (Fsp3) is 0.417. The Kier molecular flexibility index (Phi) is 2.73. The number of aliphatic carboxylic acids is 1. The summed E-state index contributed by atoms with van der Waals surface area (Å²) in [5.74, 6) is -0.874. The van der Waals surface area contributed by atoms with E-state index in [9.17, 15) is 4.79 Å². The molecule has 1 aromatic rings. The summed E-state index contributed by atoms with van der Waals surface area (Å²) >= 11 is 0. The molecule has 1 fully saturated rings. The molecule has 0 bridgehead atoms. The first kappa shape index (κ1) is 10.2. The zero-order chi connectivity index (χ0) is 10.8. The van der Waals surface area contributed by atoms with Gasteiger partial charge in [-0.2, -0.15) is 0 Å². The van der Waals surface area contributed by atoms with Crippen molar-refractivity contribution in [1.29, 1.82) is 0 Å². The van der Waals surface area contributed by atoms with E-state index in [1.807, 2.05) is 25.1 Å². The topological polar surface area (TPSA) is 49.3 Å². The molecule has 3 heteroatoms. The number of hydrogen-bond donors (Lipinski definition) is 2. The van der Waals surface area contributed by atoms with Crippen molar-refractivity contribution in [2.45, 2.75) is 12.8 Å². The first-order valence-corrected chi connectivity index (χ1v) is 5.18. The van der Waals surface area contributed by atoms with E-state index in [-0.39, 0.29) is 11.8 Å². The number of carboxylic acids is 1. The lowest BCUT2D eigenvalue weighted by Gasteiger charge is -2.15. The highest BCUT2D eigenvalue weighted by molar-refractivity contribution is 5.72. The van der Waals surface area contributed by atoms with Gasteiger partial charge in [0.05, 0.1) is 5.92 Å². The van der Waals surface area contributed by atoms with E-state index in [0.717, 1.165) is 12.1 Å². The van der Waals surface area contributed by atoms with Gasteiger partial charge in [0.25, 0.3) is 0 Å². The Bertz CT molecular complexity index is 376. The van der Waals surface area contributed by atoms with Crippen LogP contribution in [-0.2, 0) is 4.79 Å². The Morgan fingerprint density at radius 3 is 2.93 bits per heavy atom. The third kappa shape index (κ3) is 2.02. The average molecular weight is 205 g/mol. The third-order valence-corrected chi connectivity index (χ3v) is 3.00. The van der Waals surface area contributed by atoms with Gasteiger partial charge in [0.2, 0.25) is 0 Å². The number of benzene rings is 1. The van der Waals surface area contributed by atoms with E-state index in [1.54, 1.807) is 0 Å². The molecule has 0 saturated carbocycles. The summed E-state index contributed by atoms with van der Waals surface area (Å²) in [6.07, 6.45) is 0. The SMILES string of the molecule is Cc1cccc([C@H]2CNC[C@H]2C(=O)O)c1. The lowest BCUT2D eigenvalue weighted by molar-refractivity contribution is -0.141. The van der Waals surface area contributed by atoms with Crippen LogP contribution in [0, 0.1) is 12.8 Å². The standard InChI is InChI=1S/C12H15NO2/c1-8-3-2-4-9(5-8)10-6-13-7-11(10)12(14)15/h2-5,10-11,13H,6-7H2,1H3,(H,14,15)/t10-,11-/m1/s1. The maximum Gasteiger partial charge on any atom is 0.308 e. The summed E-state index contributed by atoms with van der Waals surface area (Å²) in [4.78, 5) is 11.0. The lowest BCUT2D eigenvalue weighted by atomic mass is 9.88. The summed E-state index contributed by atoms with van der Waals surface area (Å²) in [6.45, 7) is 3.37. The first-order chi connectivity index (χ1) is 7.18. The normalized spacial score (nSPS) is 25.4. The minimum Gasteiger partial charge on any atom is -0.481 e. The molecule has 80 valence electrons. The van der Waals surface area contributed by atoms with Crippen LogP contribution >= 0.6 is 0 Å². The van der Waals surface area contributed by atoms with Gasteiger partial charge < -0.3 is 10.4 Å². The highest BCUT2D eigenvalue weighted by atomic mass is 16.4. The van der Waals surface area contributed by atoms with Crippen LogP contribution in [0.15, 0.2) is 24.3 Å². The molecule has 0 spiro atoms. The van der Waals surface area contributed by atoms with Crippen molar-refractivity contribution in [3.63, 3.8) is 0 Å². The van der Waals surface area contributed by atoms with E-state index in [0.29, 0.717) is 6.54 Å². The van der Waals surface area contributed by atoms with E-state index in [1.165, 1.54) is 5.56 Å². The summed E-state index contributed by atoms with van der Waals surface area (Å²) in [5, 5.41) is 12.2. The molecule has 2 N–H and O–H groups in total. The Labute approximate surface area is 89.1 Å². The van der Waals surface area contributed by atoms with Crippen molar-refractivity contribution < 1.29 is 9.90 Å². The van der Waals surface area contributed by atoms with Gasteiger partial charge in [-0.1, -0.05) is 29.8 Å². The van der Waals surface area contributed by atoms with E-state index >= 15 is 0 Å². The summed E-state index contributed by atoms with van der Waals surface area (Å²) < 4.78 is 0. The van der Waals surface area contributed by atoms with Gasteiger partial charge >= 0.3 is 5.97 Å². The van der Waals surface area contributed by atoms with Crippen molar-refractivity contribution in [1.82, 2.24) is 5.32 Å². The molecule has 1 aliphatic heterocycles. The van der Waals surface area contributed by atoms with Crippen LogP contribution in [0.2, 0.25) is 0 Å². The maximum atomic E-state index is 11.0. The molecule has 0 aromatic heterocycles. The van der Waals surface area contributed by atoms with Gasteiger partial charge in [0.15, 0.2) is 0 Å². The monoisotopic (exact) mass is 205 g/mol. The first-order valence-electron chi connectivity index (χ1n) is 5.18. The minimum absolute atomic E-state index is 0.113. The van der Waals surface area contributed by atoms with Gasteiger partial charge in [0.1, 0.15) is 0 Å². The van der Waals surface area contributed by atoms with Crippen LogP contribution in [-0.4, -0.2) is 24.2 Å². The van der Waals surface area contributed by atoms with E-state index in [2.05, 4.69) is 11.4 Å². The fourth-order valence-electron chi connectivity index (χ4n) is 2.19. The number of carboxylic acid groups (broad SMARTS) is 1. The highest BCUT2D eigenvalue weighted by Crippen LogP contribution is 2.28. The summed E-state index contributed by atoms with van der Waals surface area (Å²) in [5.41, 5.74) is 2.32. The number of carbonyl (C=O) groups is 1. The fourth-order valence-corrected chi connectivity index (χ4v) is 2.19. The van der Waals surface area contributed by atoms with Gasteiger partial charge in [0, 0.05) is 19.0 Å². The van der Waals surface area contributed by atoms with Crippen LogP contribution in [0.5, 0.6) is 0 Å². The largest absolute Gasteiger partial charge is 0.481 e. The predicted molar refractivity (Wildman–Crippen MR) is 57.9 cm³/mol. The third-order valence-electron chi connectivity index (χ3n) is 3.00. The van der Waals surface area contributed by atoms with Crippen LogP contribution in [0.4, 0.5) is 0 Å². The second kappa shape index (κ2) is 4.03. The van der Waals surface area contributed by atoms with Crippen LogP contribution in [0.25, 0.3) is 0 Å². The number of nitrogens with one attached hydrogen (secondary N) is 1. The number of hydrogen-bond acceptors (Lipinski definition) is 2. The molecular weight excluding hydrogens is 190 g/mol. The molecule has 1 saturated heterocycles. The van der Waals surface area contributed by atoms with Crippen molar-refractivity contribution >= 4 is 5.97 Å². The Balaban J connectivity index is 2.26. The summed E-state index contributed by atoms with van der Waals surface area (Å²) in [7, 11) is 0. The molecule has 0 radical (unpaired) electrons. The van der Waals surface area contributed by atoms with Crippen molar-refractivity contribution in [2.75, 3.05) is 13.1 Å². The number of aryl methyl sites for hydroxylation is 1. The molecule has 1 heterocycles. The molecule has 2 atom stereocenters. The Hall–Kier alpha value is -1.35. The van der Waals surface area contributed by atoms with Crippen LogP contribution < -0.4 is 5.32 Å². The van der Waals surface area contributed by atoms with Crippen molar-refractivity contribution in [2.24, 2.45) is 5.92 Å². The molecule has 0 aliphatic carbocycles. The van der Waals surface area contributed by atoms with Crippen molar-refractivity contribution in [3.8, 4) is 0 Å². The van der Waals surface area contributed by atoms with Gasteiger partial charge in [-0.25, -0.2) is 0 Å².